The summed E-state index contributed by atoms with van der Waals surface area (Å²) in [4.78, 5) is 0. The zero-order chi connectivity index (χ0) is 13.7. The van der Waals surface area contributed by atoms with E-state index in [2.05, 4.69) is 45.2 Å². The normalized spacial score (nSPS) is 10.7. The Morgan fingerprint density at radius 3 is 2.63 bits per heavy atom. The average Bonchev–Trinajstić information content (AvgIpc) is 2.85. The highest BCUT2D eigenvalue weighted by Gasteiger charge is 2.06. The summed E-state index contributed by atoms with van der Waals surface area (Å²) >= 11 is 8.60. The first kappa shape index (κ1) is 15.2. The number of halogens is 1. The number of rotatable bonds is 6. The summed E-state index contributed by atoms with van der Waals surface area (Å²) in [6.45, 7) is 2.12. The highest BCUT2D eigenvalue weighted by Crippen LogP contribution is 2.32. The molecule has 0 bridgehead atoms. The second-order valence-electron chi connectivity index (χ2n) is 3.52. The van der Waals surface area contributed by atoms with Gasteiger partial charge in [0.05, 0.1) is 11.6 Å². The maximum atomic E-state index is 5.22. The third-order valence-corrected chi connectivity index (χ3v) is 6.00. The largest absolute Gasteiger partial charge is 0.496 e. The maximum Gasteiger partial charge on any atom is 0.175 e. The summed E-state index contributed by atoms with van der Waals surface area (Å²) in [6, 6.07) is 6.12. The number of benzene rings is 1. The van der Waals surface area contributed by atoms with Gasteiger partial charge in [0.2, 0.25) is 0 Å². The minimum atomic E-state index is 0.853. The number of aromatic nitrogens is 2. The molecule has 2 rings (SSSR count). The Hall–Kier alpha value is -0.240. The van der Waals surface area contributed by atoms with Crippen molar-refractivity contribution in [1.29, 1.82) is 0 Å². The lowest BCUT2D eigenvalue weighted by Gasteiger charge is -2.05. The molecular formula is C12H13BrN2OS3. The van der Waals surface area contributed by atoms with E-state index < -0.39 is 0 Å². The summed E-state index contributed by atoms with van der Waals surface area (Å²) in [5, 5.41) is 8.32. The van der Waals surface area contributed by atoms with Gasteiger partial charge in [-0.1, -0.05) is 47.9 Å². The number of methoxy groups -OCH3 is 1. The predicted octanol–water partition coefficient (Wildman–Crippen LogP) is 4.71. The van der Waals surface area contributed by atoms with Gasteiger partial charge in [-0.05, 0) is 39.4 Å². The van der Waals surface area contributed by atoms with Crippen LogP contribution in [-0.2, 0) is 5.75 Å². The third-order valence-electron chi connectivity index (χ3n) is 2.23. The van der Waals surface area contributed by atoms with Crippen molar-refractivity contribution in [2.75, 3.05) is 12.9 Å². The van der Waals surface area contributed by atoms with Crippen molar-refractivity contribution < 1.29 is 4.74 Å². The lowest BCUT2D eigenvalue weighted by atomic mass is 10.2. The molecule has 19 heavy (non-hydrogen) atoms. The van der Waals surface area contributed by atoms with Crippen molar-refractivity contribution in [3.8, 4) is 5.75 Å². The van der Waals surface area contributed by atoms with E-state index in [1.807, 2.05) is 6.07 Å². The van der Waals surface area contributed by atoms with Crippen LogP contribution in [0.5, 0.6) is 5.75 Å². The van der Waals surface area contributed by atoms with E-state index in [9.17, 15) is 0 Å². The molecule has 2 aromatic rings. The Kier molecular flexibility index (Phi) is 6.00. The van der Waals surface area contributed by atoms with Gasteiger partial charge in [0.25, 0.3) is 0 Å². The van der Waals surface area contributed by atoms with Crippen molar-refractivity contribution in [2.45, 2.75) is 21.4 Å². The Bertz CT molecular complexity index is 548. The van der Waals surface area contributed by atoms with Crippen LogP contribution in [0, 0.1) is 0 Å². The second-order valence-corrected chi connectivity index (χ2v) is 8.09. The van der Waals surface area contributed by atoms with Crippen molar-refractivity contribution in [2.24, 2.45) is 0 Å². The number of hydrogen-bond donors (Lipinski definition) is 0. The molecule has 0 radical (unpaired) electrons. The van der Waals surface area contributed by atoms with Crippen LogP contribution in [0.4, 0.5) is 0 Å². The van der Waals surface area contributed by atoms with E-state index in [0.717, 1.165) is 30.4 Å². The van der Waals surface area contributed by atoms with E-state index in [0.29, 0.717) is 0 Å². The van der Waals surface area contributed by atoms with Crippen molar-refractivity contribution in [3.63, 3.8) is 0 Å². The number of nitrogens with zero attached hydrogens (tertiary/aromatic N) is 2. The first-order valence-corrected chi connectivity index (χ1v) is 9.22. The SMILES string of the molecule is CCSc1nnc(SCc2ccc(OC)c(Br)c2)s1. The molecule has 3 nitrogen and oxygen atoms in total. The van der Waals surface area contributed by atoms with Gasteiger partial charge >= 0.3 is 0 Å². The molecule has 0 saturated carbocycles. The summed E-state index contributed by atoms with van der Waals surface area (Å²) in [5.41, 5.74) is 1.23. The first-order valence-electron chi connectivity index (χ1n) is 5.64. The summed E-state index contributed by atoms with van der Waals surface area (Å²) in [6.07, 6.45) is 0. The molecule has 0 fully saturated rings. The van der Waals surface area contributed by atoms with Crippen molar-refractivity contribution >= 4 is 50.8 Å². The minimum absolute atomic E-state index is 0.853. The molecule has 0 aliphatic rings. The summed E-state index contributed by atoms with van der Waals surface area (Å²) in [5.74, 6) is 2.77. The van der Waals surface area contributed by atoms with Crippen LogP contribution in [0.3, 0.4) is 0 Å². The van der Waals surface area contributed by atoms with Gasteiger partial charge in [-0.3, -0.25) is 0 Å². The molecular weight excluding hydrogens is 364 g/mol. The third kappa shape index (κ3) is 4.37. The van der Waals surface area contributed by atoms with Gasteiger partial charge in [0.1, 0.15) is 5.75 Å². The van der Waals surface area contributed by atoms with Gasteiger partial charge < -0.3 is 4.74 Å². The van der Waals surface area contributed by atoms with E-state index >= 15 is 0 Å². The van der Waals surface area contributed by atoms with E-state index in [1.165, 1.54) is 5.56 Å². The van der Waals surface area contributed by atoms with Gasteiger partial charge in [0, 0.05) is 5.75 Å². The maximum absolute atomic E-state index is 5.22. The van der Waals surface area contributed by atoms with Crippen LogP contribution in [0.2, 0.25) is 0 Å². The molecule has 0 aliphatic carbocycles. The molecule has 0 N–H and O–H groups in total. The Morgan fingerprint density at radius 2 is 2.00 bits per heavy atom. The van der Waals surface area contributed by atoms with Gasteiger partial charge in [-0.25, -0.2) is 0 Å². The monoisotopic (exact) mass is 376 g/mol. The topological polar surface area (TPSA) is 35.0 Å². The Balaban J connectivity index is 1.95. The Morgan fingerprint density at radius 1 is 1.26 bits per heavy atom. The van der Waals surface area contributed by atoms with Crippen molar-refractivity contribution in [1.82, 2.24) is 10.2 Å². The van der Waals surface area contributed by atoms with E-state index in [-0.39, 0.29) is 0 Å². The van der Waals surface area contributed by atoms with Crippen LogP contribution in [-0.4, -0.2) is 23.1 Å². The zero-order valence-corrected chi connectivity index (χ0v) is 14.6. The molecule has 0 amide bonds. The fourth-order valence-corrected chi connectivity index (χ4v) is 4.83. The van der Waals surface area contributed by atoms with Gasteiger partial charge in [-0.2, -0.15) is 0 Å². The highest BCUT2D eigenvalue weighted by molar-refractivity contribution is 9.10. The molecule has 102 valence electrons. The molecule has 0 saturated heterocycles. The molecule has 0 unspecified atom stereocenters. The molecule has 0 atom stereocenters. The minimum Gasteiger partial charge on any atom is -0.496 e. The first-order chi connectivity index (χ1) is 9.22. The lowest BCUT2D eigenvalue weighted by Crippen LogP contribution is -1.86. The molecule has 1 aromatic carbocycles. The van der Waals surface area contributed by atoms with E-state index in [4.69, 9.17) is 4.74 Å². The number of hydrogen-bond acceptors (Lipinski definition) is 6. The number of ether oxygens (including phenoxy) is 1. The van der Waals surface area contributed by atoms with Gasteiger partial charge in [-0.15, -0.1) is 10.2 Å². The summed E-state index contributed by atoms with van der Waals surface area (Å²) < 4.78 is 8.25. The molecule has 1 aromatic heterocycles. The standard InChI is InChI=1S/C12H13BrN2OS3/c1-3-17-11-14-15-12(19-11)18-7-8-4-5-10(16-2)9(13)6-8/h4-6H,3,7H2,1-2H3. The smallest absolute Gasteiger partial charge is 0.175 e. The van der Waals surface area contributed by atoms with Gasteiger partial charge in [0.15, 0.2) is 8.68 Å². The van der Waals surface area contributed by atoms with Crippen molar-refractivity contribution in [3.05, 3.63) is 28.2 Å². The summed E-state index contributed by atoms with van der Waals surface area (Å²) in [7, 11) is 1.67. The van der Waals surface area contributed by atoms with E-state index in [1.54, 1.807) is 42.0 Å². The molecule has 1 heterocycles. The fraction of sp³-hybridized carbons (Fsp3) is 0.333. The van der Waals surface area contributed by atoms with Crippen LogP contribution < -0.4 is 4.74 Å². The number of thioether (sulfide) groups is 2. The fourth-order valence-electron chi connectivity index (χ4n) is 1.38. The van der Waals surface area contributed by atoms with Crippen LogP contribution >= 0.6 is 50.8 Å². The zero-order valence-electron chi connectivity index (χ0n) is 10.6. The highest BCUT2D eigenvalue weighted by atomic mass is 79.9. The quantitative estimate of drug-likeness (QED) is 0.681. The predicted molar refractivity (Wildman–Crippen MR) is 86.6 cm³/mol. The molecule has 0 aliphatic heterocycles. The lowest BCUT2D eigenvalue weighted by molar-refractivity contribution is 0.412. The Labute approximate surface area is 133 Å². The molecule has 7 heteroatoms. The molecule has 0 spiro atoms. The van der Waals surface area contributed by atoms with Crippen LogP contribution in [0.25, 0.3) is 0 Å². The average molecular weight is 377 g/mol. The van der Waals surface area contributed by atoms with Crippen LogP contribution in [0.1, 0.15) is 12.5 Å². The van der Waals surface area contributed by atoms with Crippen LogP contribution in [0.15, 0.2) is 31.4 Å². The second kappa shape index (κ2) is 7.52.